The highest BCUT2D eigenvalue weighted by atomic mass is 35.5. The van der Waals surface area contributed by atoms with E-state index in [-0.39, 0.29) is 0 Å². The maximum absolute atomic E-state index is 11.9. The molecular weight excluding hydrogens is 275 g/mol. The van der Waals surface area contributed by atoms with Crippen LogP contribution in [-0.2, 0) is 0 Å². The average molecular weight is 289 g/mol. The van der Waals surface area contributed by atoms with Crippen molar-refractivity contribution in [3.05, 3.63) is 28.2 Å². The molecule has 0 bridgehead atoms. The number of carbonyl (C=O) groups is 1. The monoisotopic (exact) mass is 288 g/mol. The molecule has 1 aliphatic rings. The molecule has 1 N–H and O–H groups in total. The Bertz CT molecular complexity index is 432. The van der Waals surface area contributed by atoms with E-state index in [1.165, 1.54) is 11.1 Å². The minimum absolute atomic E-state index is 0.366. The lowest BCUT2D eigenvalue weighted by molar-refractivity contribution is 0.131. The van der Waals surface area contributed by atoms with Crippen molar-refractivity contribution in [1.29, 1.82) is 0 Å². The summed E-state index contributed by atoms with van der Waals surface area (Å²) in [4.78, 5) is 11.9. The van der Waals surface area contributed by atoms with Gasteiger partial charge in [0, 0.05) is 19.2 Å². The van der Waals surface area contributed by atoms with Gasteiger partial charge in [-0.15, -0.1) is 0 Å². The highest BCUT2D eigenvalue weighted by Gasteiger charge is 2.17. The Morgan fingerprint density at radius 1 is 1.22 bits per heavy atom. The summed E-state index contributed by atoms with van der Waals surface area (Å²) >= 11 is 11.6. The van der Waals surface area contributed by atoms with E-state index in [2.05, 4.69) is 5.43 Å². The van der Waals surface area contributed by atoms with Crippen LogP contribution in [0.5, 0.6) is 5.75 Å². The van der Waals surface area contributed by atoms with Gasteiger partial charge in [0.15, 0.2) is 0 Å². The standard InChI is InChI=1S/C12H14Cl2N2O2/c13-10-5-4-9(8-11(10)14)18-12(17)16-7-3-1-2-6-15-16/h4-5,8,15H,1-3,6-7H2. The first-order valence-electron chi connectivity index (χ1n) is 5.85. The van der Waals surface area contributed by atoms with E-state index in [9.17, 15) is 4.79 Å². The van der Waals surface area contributed by atoms with Gasteiger partial charge in [0.25, 0.3) is 0 Å². The van der Waals surface area contributed by atoms with Crippen molar-refractivity contribution in [3.8, 4) is 5.75 Å². The molecule has 18 heavy (non-hydrogen) atoms. The number of carbonyl (C=O) groups excluding carboxylic acids is 1. The van der Waals surface area contributed by atoms with Gasteiger partial charge in [0.05, 0.1) is 10.0 Å². The Kier molecular flexibility index (Phi) is 4.69. The lowest BCUT2D eigenvalue weighted by Gasteiger charge is -2.20. The third-order valence-corrected chi connectivity index (χ3v) is 3.42. The Hall–Kier alpha value is -0.970. The number of ether oxygens (including phenoxy) is 1. The van der Waals surface area contributed by atoms with E-state index < -0.39 is 6.09 Å². The number of amides is 1. The van der Waals surface area contributed by atoms with E-state index in [1.54, 1.807) is 12.1 Å². The number of hydrogen-bond acceptors (Lipinski definition) is 3. The van der Waals surface area contributed by atoms with Crippen molar-refractivity contribution < 1.29 is 9.53 Å². The van der Waals surface area contributed by atoms with Gasteiger partial charge in [-0.1, -0.05) is 29.6 Å². The van der Waals surface area contributed by atoms with Gasteiger partial charge in [-0.25, -0.2) is 15.2 Å². The zero-order valence-corrected chi connectivity index (χ0v) is 11.3. The number of hydrogen-bond donors (Lipinski definition) is 1. The largest absolute Gasteiger partial charge is 0.429 e. The molecule has 1 fully saturated rings. The van der Waals surface area contributed by atoms with Gasteiger partial charge in [0.2, 0.25) is 0 Å². The molecule has 0 aromatic heterocycles. The Labute approximate surface area is 116 Å². The molecule has 0 radical (unpaired) electrons. The normalized spacial score (nSPS) is 16.2. The minimum atomic E-state index is -0.421. The molecule has 0 atom stereocenters. The summed E-state index contributed by atoms with van der Waals surface area (Å²) in [6, 6.07) is 4.74. The van der Waals surface area contributed by atoms with Crippen molar-refractivity contribution in [2.45, 2.75) is 19.3 Å². The van der Waals surface area contributed by atoms with Crippen molar-refractivity contribution in [1.82, 2.24) is 10.4 Å². The quantitative estimate of drug-likeness (QED) is 0.860. The van der Waals surface area contributed by atoms with Crippen LogP contribution in [0.25, 0.3) is 0 Å². The third-order valence-electron chi connectivity index (χ3n) is 2.68. The number of benzene rings is 1. The first-order valence-corrected chi connectivity index (χ1v) is 6.60. The van der Waals surface area contributed by atoms with Crippen LogP contribution in [0, 0.1) is 0 Å². The Morgan fingerprint density at radius 3 is 2.83 bits per heavy atom. The van der Waals surface area contributed by atoms with Crippen molar-refractivity contribution in [3.63, 3.8) is 0 Å². The summed E-state index contributed by atoms with van der Waals surface area (Å²) in [5.74, 6) is 0.389. The summed E-state index contributed by atoms with van der Waals surface area (Å²) < 4.78 is 5.23. The molecule has 0 spiro atoms. The smallest absolute Gasteiger partial charge is 0.409 e. The second-order valence-electron chi connectivity index (χ2n) is 4.06. The summed E-state index contributed by atoms with van der Waals surface area (Å²) in [6.07, 6.45) is 2.74. The van der Waals surface area contributed by atoms with Gasteiger partial charge in [-0.3, -0.25) is 0 Å². The summed E-state index contributed by atoms with van der Waals surface area (Å²) in [7, 11) is 0. The highest BCUT2D eigenvalue weighted by molar-refractivity contribution is 6.42. The summed E-state index contributed by atoms with van der Waals surface area (Å²) in [5, 5.41) is 2.30. The number of halogens is 2. The summed E-state index contributed by atoms with van der Waals surface area (Å²) in [6.45, 7) is 1.44. The molecule has 1 aliphatic heterocycles. The zero-order chi connectivity index (χ0) is 13.0. The van der Waals surface area contributed by atoms with Gasteiger partial charge in [-0.05, 0) is 25.0 Å². The van der Waals surface area contributed by atoms with Crippen LogP contribution < -0.4 is 10.2 Å². The molecule has 1 aromatic carbocycles. The van der Waals surface area contributed by atoms with Crippen LogP contribution in [0.1, 0.15) is 19.3 Å². The third kappa shape index (κ3) is 3.51. The highest BCUT2D eigenvalue weighted by Crippen LogP contribution is 2.26. The fourth-order valence-electron chi connectivity index (χ4n) is 1.72. The molecule has 1 amide bonds. The molecule has 4 nitrogen and oxygen atoms in total. The molecule has 1 heterocycles. The van der Waals surface area contributed by atoms with Gasteiger partial charge in [0.1, 0.15) is 5.75 Å². The molecular formula is C12H14Cl2N2O2. The fourth-order valence-corrected chi connectivity index (χ4v) is 2.00. The van der Waals surface area contributed by atoms with Crippen LogP contribution in [0.3, 0.4) is 0 Å². The molecule has 2 rings (SSSR count). The van der Waals surface area contributed by atoms with Gasteiger partial charge in [-0.2, -0.15) is 0 Å². The first-order chi connectivity index (χ1) is 8.66. The molecule has 98 valence electrons. The second-order valence-corrected chi connectivity index (χ2v) is 4.88. The average Bonchev–Trinajstić information content (AvgIpc) is 2.62. The van der Waals surface area contributed by atoms with Crippen molar-refractivity contribution in [2.24, 2.45) is 0 Å². The van der Waals surface area contributed by atoms with E-state index in [0.717, 1.165) is 25.8 Å². The molecule has 1 aromatic rings. The van der Waals surface area contributed by atoms with E-state index >= 15 is 0 Å². The predicted molar refractivity (Wildman–Crippen MR) is 71.0 cm³/mol. The number of hydrazine groups is 1. The van der Waals surface area contributed by atoms with Crippen molar-refractivity contribution in [2.75, 3.05) is 13.1 Å². The van der Waals surface area contributed by atoms with Crippen LogP contribution in [-0.4, -0.2) is 24.2 Å². The second kappa shape index (κ2) is 6.27. The van der Waals surface area contributed by atoms with Gasteiger partial charge >= 0.3 is 6.09 Å². The van der Waals surface area contributed by atoms with Crippen LogP contribution in [0.4, 0.5) is 4.79 Å². The maximum atomic E-state index is 11.9. The SMILES string of the molecule is O=C(Oc1ccc(Cl)c(Cl)c1)N1CCCCCN1. The van der Waals surface area contributed by atoms with E-state index in [0.29, 0.717) is 22.3 Å². The molecule has 1 saturated heterocycles. The van der Waals surface area contributed by atoms with Crippen LogP contribution in [0.15, 0.2) is 18.2 Å². The Balaban J connectivity index is 1.99. The zero-order valence-electron chi connectivity index (χ0n) is 9.79. The molecule has 0 aliphatic carbocycles. The number of nitrogens with one attached hydrogen (secondary N) is 1. The number of nitrogens with zero attached hydrogens (tertiary/aromatic N) is 1. The topological polar surface area (TPSA) is 41.6 Å². The molecule has 0 saturated carbocycles. The number of rotatable bonds is 1. The lowest BCUT2D eigenvalue weighted by atomic mass is 10.2. The summed E-state index contributed by atoms with van der Waals surface area (Å²) in [5.41, 5.74) is 3.03. The van der Waals surface area contributed by atoms with Crippen LogP contribution in [0.2, 0.25) is 10.0 Å². The lowest BCUT2D eigenvalue weighted by Crippen LogP contribution is -2.44. The Morgan fingerprint density at radius 2 is 2.06 bits per heavy atom. The van der Waals surface area contributed by atoms with Gasteiger partial charge < -0.3 is 4.74 Å². The predicted octanol–water partition coefficient (Wildman–Crippen LogP) is 3.48. The minimum Gasteiger partial charge on any atom is -0.409 e. The fraction of sp³-hybridized carbons (Fsp3) is 0.417. The van der Waals surface area contributed by atoms with E-state index in [4.69, 9.17) is 27.9 Å². The maximum Gasteiger partial charge on any atom is 0.429 e. The van der Waals surface area contributed by atoms with Crippen molar-refractivity contribution >= 4 is 29.3 Å². The molecule has 6 heteroatoms. The first kappa shape index (κ1) is 13.5. The molecule has 0 unspecified atom stereocenters. The van der Waals surface area contributed by atoms with Crippen LogP contribution >= 0.6 is 23.2 Å². The van der Waals surface area contributed by atoms with E-state index in [1.807, 2.05) is 0 Å².